The maximum atomic E-state index is 13.7. The van der Waals surface area contributed by atoms with Gasteiger partial charge in [-0.25, -0.2) is 0 Å². The van der Waals surface area contributed by atoms with Crippen LogP contribution in [0.2, 0.25) is 0 Å². The summed E-state index contributed by atoms with van der Waals surface area (Å²) in [6, 6.07) is 22.3. The first-order valence-electron chi connectivity index (χ1n) is 18.6. The molecule has 0 saturated heterocycles. The number of hydrogen-bond donors (Lipinski definition) is 2. The maximum absolute atomic E-state index is 13.7. The van der Waals surface area contributed by atoms with Gasteiger partial charge in [0.2, 0.25) is 6.41 Å². The van der Waals surface area contributed by atoms with Crippen LogP contribution >= 0.6 is 0 Å². The number of benzene rings is 4. The number of rotatable bonds is 15. The van der Waals surface area contributed by atoms with Gasteiger partial charge in [-0.3, -0.25) is 19.6 Å². The number of carbonyl (C=O) groups excluding carboxylic acids is 2. The number of carbonyl (C=O) groups is 2. The number of nitrogens with zero attached hydrogens (tertiary/aromatic N) is 3. The summed E-state index contributed by atoms with van der Waals surface area (Å²) in [5, 5.41) is 2.86. The van der Waals surface area contributed by atoms with Gasteiger partial charge in [0, 0.05) is 48.4 Å². The van der Waals surface area contributed by atoms with Crippen molar-refractivity contribution in [2.45, 2.75) is 44.2 Å². The Kier molecular flexibility index (Phi) is 11.6. The van der Waals surface area contributed by atoms with Crippen molar-refractivity contribution in [3.8, 4) is 28.7 Å². The topological polar surface area (TPSA) is 146 Å². The molecule has 0 spiro atoms. The molecular weight excluding hydrogens is 711 g/mol. The minimum Gasteiger partial charge on any atom is -0.497 e. The highest BCUT2D eigenvalue weighted by Gasteiger charge is 2.33. The van der Waals surface area contributed by atoms with Gasteiger partial charge in [-0.2, -0.15) is 0 Å². The summed E-state index contributed by atoms with van der Waals surface area (Å²) in [5.41, 5.74) is 13.3. The number of ether oxygens (including phenoxy) is 5. The van der Waals surface area contributed by atoms with Crippen LogP contribution in [0.5, 0.6) is 28.7 Å². The van der Waals surface area contributed by atoms with Crippen molar-refractivity contribution in [2.75, 3.05) is 40.3 Å². The predicted octanol–water partition coefficient (Wildman–Crippen LogP) is 7.66. The standard InChI is InChI=1S/C44H45N5O7/c1-52-36-13-9-28(10-14-36)30-17-31-20-40(53-2)42(22-38(31)46-24-34(18-30)48-27-50)55-15-5-4-6-16-56-43-23-39-37(21-41(43)54-3)44(51)49-26-32(19-35(49)25-47-39)29-7-11-33(45)12-8-29/h7-14,17,20-27,34-35H,4-6,15-16,18-19,45H2,1-3H3,(H,48,50)/b30-17+,46-24-. The summed E-state index contributed by atoms with van der Waals surface area (Å²) in [4.78, 5) is 36.2. The fourth-order valence-corrected chi connectivity index (χ4v) is 6.98. The lowest BCUT2D eigenvalue weighted by Gasteiger charge is -2.19. The Labute approximate surface area is 326 Å². The zero-order chi connectivity index (χ0) is 39.0. The Morgan fingerprint density at radius 3 is 2.07 bits per heavy atom. The lowest BCUT2D eigenvalue weighted by atomic mass is 9.94. The van der Waals surface area contributed by atoms with Gasteiger partial charge in [-0.1, -0.05) is 24.3 Å². The van der Waals surface area contributed by atoms with E-state index in [9.17, 15) is 9.59 Å². The van der Waals surface area contributed by atoms with Crippen LogP contribution in [-0.4, -0.2) is 76.3 Å². The fourth-order valence-electron chi connectivity index (χ4n) is 6.98. The zero-order valence-electron chi connectivity index (χ0n) is 31.7. The molecule has 0 bridgehead atoms. The smallest absolute Gasteiger partial charge is 0.260 e. The molecule has 4 aromatic carbocycles. The molecule has 7 rings (SSSR count). The molecule has 4 aromatic rings. The third-order valence-corrected chi connectivity index (χ3v) is 10.0. The van der Waals surface area contributed by atoms with Gasteiger partial charge >= 0.3 is 0 Å². The van der Waals surface area contributed by atoms with Gasteiger partial charge in [0.1, 0.15) is 5.75 Å². The maximum Gasteiger partial charge on any atom is 0.260 e. The summed E-state index contributed by atoms with van der Waals surface area (Å²) in [6.07, 6.45) is 11.9. The van der Waals surface area contributed by atoms with E-state index in [2.05, 4.69) is 11.4 Å². The van der Waals surface area contributed by atoms with Gasteiger partial charge < -0.3 is 39.6 Å². The zero-order valence-corrected chi connectivity index (χ0v) is 31.7. The minimum atomic E-state index is -0.284. The number of aliphatic imine (C=N–C) groups is 2. The molecule has 56 heavy (non-hydrogen) atoms. The van der Waals surface area contributed by atoms with Gasteiger partial charge in [0.25, 0.3) is 5.91 Å². The van der Waals surface area contributed by atoms with Crippen LogP contribution in [-0.2, 0) is 4.79 Å². The van der Waals surface area contributed by atoms with E-state index in [1.165, 1.54) is 0 Å². The molecule has 2 unspecified atom stereocenters. The number of anilines is 1. The summed E-state index contributed by atoms with van der Waals surface area (Å²) < 4.78 is 29.1. The Bertz CT molecular complexity index is 2190. The van der Waals surface area contributed by atoms with E-state index in [4.69, 9.17) is 39.4 Å². The van der Waals surface area contributed by atoms with Crippen LogP contribution in [0.4, 0.5) is 17.1 Å². The molecular formula is C44H45N5O7. The van der Waals surface area contributed by atoms with Gasteiger partial charge in [0.05, 0.1) is 63.6 Å². The van der Waals surface area contributed by atoms with Crippen molar-refractivity contribution in [3.05, 3.63) is 101 Å². The first kappa shape index (κ1) is 37.7. The lowest BCUT2D eigenvalue weighted by molar-refractivity contribution is -0.109. The molecule has 3 aliphatic heterocycles. The van der Waals surface area contributed by atoms with Crippen molar-refractivity contribution in [1.82, 2.24) is 10.2 Å². The molecule has 3 heterocycles. The summed E-state index contributed by atoms with van der Waals surface area (Å²) in [5.74, 6) is 2.83. The third kappa shape index (κ3) is 8.39. The van der Waals surface area contributed by atoms with Crippen molar-refractivity contribution >= 4 is 59.0 Å². The number of methoxy groups -OCH3 is 3. The fraction of sp³-hybridized carbons (Fsp3) is 0.273. The van der Waals surface area contributed by atoms with Gasteiger partial charge in [-0.15, -0.1) is 0 Å². The number of nitrogens with one attached hydrogen (secondary N) is 1. The largest absolute Gasteiger partial charge is 0.497 e. The molecule has 3 aliphatic rings. The molecule has 0 fully saturated rings. The molecule has 12 heteroatoms. The van der Waals surface area contributed by atoms with Crippen molar-refractivity contribution in [3.63, 3.8) is 0 Å². The molecule has 12 nitrogen and oxygen atoms in total. The van der Waals surface area contributed by atoms with E-state index in [0.29, 0.717) is 78.1 Å². The molecule has 3 N–H and O–H groups in total. The Morgan fingerprint density at radius 2 is 1.39 bits per heavy atom. The van der Waals surface area contributed by atoms with Crippen LogP contribution in [0.15, 0.2) is 89.0 Å². The van der Waals surface area contributed by atoms with Crippen LogP contribution < -0.4 is 34.7 Å². The first-order valence-corrected chi connectivity index (χ1v) is 18.6. The Balaban J connectivity index is 0.955. The molecule has 2 atom stereocenters. The SMILES string of the molecule is COc1ccc(/C2=C/c3cc(OC)c(OCCCCCOc4cc5c(cc4OC)C(=O)N4C=C(c6ccc(N)cc6)CC4C=N5)cc3/N=C\C(NC=O)C2)cc1. The van der Waals surface area contributed by atoms with Crippen molar-refractivity contribution < 1.29 is 33.3 Å². The second kappa shape index (κ2) is 17.3. The molecule has 0 aliphatic carbocycles. The quantitative estimate of drug-likeness (QED) is 0.0715. The minimum absolute atomic E-state index is 0.139. The summed E-state index contributed by atoms with van der Waals surface area (Å²) in [6.45, 7) is 0.914. The molecule has 0 saturated carbocycles. The highest BCUT2D eigenvalue weighted by molar-refractivity contribution is 6.05. The number of fused-ring (bicyclic) bond motifs is 3. The van der Waals surface area contributed by atoms with E-state index in [1.807, 2.05) is 73.1 Å². The second-order valence-corrected chi connectivity index (χ2v) is 13.6. The van der Waals surface area contributed by atoms with Gasteiger partial charge in [0.15, 0.2) is 23.0 Å². The van der Waals surface area contributed by atoms with Crippen LogP contribution in [0.25, 0.3) is 17.2 Å². The van der Waals surface area contributed by atoms with E-state index >= 15 is 0 Å². The Hall–Kier alpha value is -6.56. The number of amides is 2. The number of hydrogen-bond acceptors (Lipinski definition) is 10. The number of nitrogen functional groups attached to an aromatic ring is 1. The molecule has 288 valence electrons. The Morgan fingerprint density at radius 1 is 0.750 bits per heavy atom. The van der Waals surface area contributed by atoms with E-state index < -0.39 is 0 Å². The van der Waals surface area contributed by atoms with Crippen LogP contribution in [0.3, 0.4) is 0 Å². The highest BCUT2D eigenvalue weighted by Crippen LogP contribution is 2.41. The van der Waals surface area contributed by atoms with Gasteiger partial charge in [-0.05, 0) is 90.4 Å². The normalized spacial score (nSPS) is 18.4. The summed E-state index contributed by atoms with van der Waals surface area (Å²) >= 11 is 0. The number of nitrogens with two attached hydrogens (primary N) is 1. The summed E-state index contributed by atoms with van der Waals surface area (Å²) in [7, 11) is 4.82. The molecule has 2 amide bonds. The monoisotopic (exact) mass is 755 g/mol. The molecule has 0 radical (unpaired) electrons. The average Bonchev–Trinajstić information content (AvgIpc) is 3.60. The highest BCUT2D eigenvalue weighted by atomic mass is 16.5. The van der Waals surface area contributed by atoms with Crippen molar-refractivity contribution in [2.24, 2.45) is 9.98 Å². The van der Waals surface area contributed by atoms with Crippen molar-refractivity contribution in [1.29, 1.82) is 0 Å². The van der Waals surface area contributed by atoms with E-state index in [-0.39, 0.29) is 18.0 Å². The number of unbranched alkanes of at least 4 members (excludes halogenated alkanes) is 2. The predicted molar refractivity (Wildman–Crippen MR) is 219 cm³/mol. The molecule has 0 aromatic heterocycles. The second-order valence-electron chi connectivity index (χ2n) is 13.6. The third-order valence-electron chi connectivity index (χ3n) is 10.0. The van der Waals surface area contributed by atoms with Crippen LogP contribution in [0.1, 0.15) is 59.2 Å². The van der Waals surface area contributed by atoms with Crippen LogP contribution in [0, 0.1) is 0 Å². The average molecular weight is 756 g/mol. The van der Waals surface area contributed by atoms with E-state index in [0.717, 1.165) is 52.8 Å². The first-order chi connectivity index (χ1) is 27.4. The van der Waals surface area contributed by atoms with E-state index in [1.54, 1.807) is 44.6 Å². The lowest BCUT2D eigenvalue weighted by Crippen LogP contribution is -2.32.